The van der Waals surface area contributed by atoms with Crippen LogP contribution in [0.3, 0.4) is 0 Å². The maximum Gasteiger partial charge on any atom is 0.246 e. The van der Waals surface area contributed by atoms with Crippen molar-refractivity contribution in [2.24, 2.45) is 0 Å². The topological polar surface area (TPSA) is 74.8 Å². The van der Waals surface area contributed by atoms with Gasteiger partial charge in [0.05, 0.1) is 5.75 Å². The van der Waals surface area contributed by atoms with Gasteiger partial charge < -0.3 is 0 Å². The molecule has 0 unspecified atom stereocenters. The van der Waals surface area contributed by atoms with E-state index in [0.29, 0.717) is 12.0 Å². The number of sulfonamides is 2. The first kappa shape index (κ1) is 20.3. The van der Waals surface area contributed by atoms with Gasteiger partial charge in [0.2, 0.25) is 20.0 Å². The zero-order valence-electron chi connectivity index (χ0n) is 14.6. The number of hydrogen-bond acceptors (Lipinski definition) is 4. The largest absolute Gasteiger partial charge is 0.246 e. The number of rotatable bonds is 7. The lowest BCUT2D eigenvalue weighted by atomic mass is 10.2. The summed E-state index contributed by atoms with van der Waals surface area (Å²) in [5.74, 6) is -0.699. The average Bonchev–Trinajstić information content (AvgIpc) is 2.54. The fraction of sp³-hybridized carbons (Fsp3) is 0.625. The van der Waals surface area contributed by atoms with E-state index in [9.17, 15) is 21.2 Å². The van der Waals surface area contributed by atoms with Crippen molar-refractivity contribution in [3.05, 3.63) is 29.6 Å². The molecule has 0 aliphatic carbocycles. The molecular formula is C16H25FN2O4S2. The number of benzene rings is 1. The second-order valence-corrected chi connectivity index (χ2v) is 10.3. The van der Waals surface area contributed by atoms with Crippen molar-refractivity contribution >= 4 is 20.0 Å². The van der Waals surface area contributed by atoms with E-state index in [-0.39, 0.29) is 36.8 Å². The number of halogens is 1. The van der Waals surface area contributed by atoms with Crippen LogP contribution < -0.4 is 0 Å². The summed E-state index contributed by atoms with van der Waals surface area (Å²) in [7, 11) is -7.33. The smallest absolute Gasteiger partial charge is 0.212 e. The first-order valence-electron chi connectivity index (χ1n) is 8.42. The Balaban J connectivity index is 2.06. The summed E-state index contributed by atoms with van der Waals surface area (Å²) < 4.78 is 66.3. The van der Waals surface area contributed by atoms with Gasteiger partial charge in [-0.25, -0.2) is 21.2 Å². The van der Waals surface area contributed by atoms with Gasteiger partial charge in [-0.15, -0.1) is 0 Å². The van der Waals surface area contributed by atoms with Crippen molar-refractivity contribution in [2.75, 3.05) is 31.9 Å². The zero-order valence-corrected chi connectivity index (χ0v) is 16.2. The van der Waals surface area contributed by atoms with Gasteiger partial charge in [-0.1, -0.05) is 25.8 Å². The lowest BCUT2D eigenvalue weighted by Gasteiger charge is -2.33. The molecule has 6 nitrogen and oxygen atoms in total. The fourth-order valence-electron chi connectivity index (χ4n) is 2.81. The van der Waals surface area contributed by atoms with Gasteiger partial charge in [0.1, 0.15) is 10.7 Å². The Morgan fingerprint density at radius 1 is 1.00 bits per heavy atom. The molecule has 9 heteroatoms. The maximum atomic E-state index is 14.0. The minimum atomic E-state index is -3.96. The molecule has 0 bridgehead atoms. The van der Waals surface area contributed by atoms with Crippen LogP contribution in [0, 0.1) is 12.7 Å². The van der Waals surface area contributed by atoms with Gasteiger partial charge in [0, 0.05) is 26.2 Å². The van der Waals surface area contributed by atoms with Gasteiger partial charge >= 0.3 is 0 Å². The molecule has 1 heterocycles. The molecule has 0 radical (unpaired) electrons. The SMILES string of the molecule is CCCCCS(=O)(=O)N1CCN(S(=O)(=O)c2ccc(C)cc2F)CC1. The van der Waals surface area contributed by atoms with E-state index in [1.807, 2.05) is 6.92 Å². The maximum absolute atomic E-state index is 14.0. The highest BCUT2D eigenvalue weighted by atomic mass is 32.2. The minimum Gasteiger partial charge on any atom is -0.212 e. The molecule has 0 N–H and O–H groups in total. The second-order valence-electron chi connectivity index (χ2n) is 6.26. The van der Waals surface area contributed by atoms with Crippen molar-refractivity contribution in [3.63, 3.8) is 0 Å². The van der Waals surface area contributed by atoms with Gasteiger partial charge in [-0.3, -0.25) is 0 Å². The molecular weight excluding hydrogens is 367 g/mol. The molecule has 1 saturated heterocycles. The highest BCUT2D eigenvalue weighted by molar-refractivity contribution is 7.89. The van der Waals surface area contributed by atoms with Crippen LogP contribution in [0.4, 0.5) is 4.39 Å². The zero-order chi connectivity index (χ0) is 18.7. The molecule has 1 fully saturated rings. The predicted molar refractivity (Wildman–Crippen MR) is 94.8 cm³/mol. The fourth-order valence-corrected chi connectivity index (χ4v) is 5.82. The first-order valence-corrected chi connectivity index (χ1v) is 11.5. The van der Waals surface area contributed by atoms with Gasteiger partial charge in [-0.05, 0) is 31.0 Å². The van der Waals surface area contributed by atoms with Gasteiger partial charge in [0.25, 0.3) is 0 Å². The van der Waals surface area contributed by atoms with Crippen molar-refractivity contribution < 1.29 is 21.2 Å². The van der Waals surface area contributed by atoms with Crippen LogP contribution in [0.1, 0.15) is 31.7 Å². The highest BCUT2D eigenvalue weighted by Crippen LogP contribution is 2.22. The molecule has 0 amide bonds. The van der Waals surface area contributed by atoms with E-state index in [4.69, 9.17) is 0 Å². The van der Waals surface area contributed by atoms with E-state index in [0.717, 1.165) is 17.1 Å². The Morgan fingerprint density at radius 2 is 1.60 bits per heavy atom. The van der Waals surface area contributed by atoms with Crippen LogP contribution in [0.25, 0.3) is 0 Å². The number of unbranched alkanes of at least 4 members (excludes halogenated alkanes) is 2. The molecule has 2 rings (SSSR count). The average molecular weight is 393 g/mol. The second kappa shape index (κ2) is 8.11. The molecule has 0 atom stereocenters. The number of hydrogen-bond donors (Lipinski definition) is 0. The summed E-state index contributed by atoms with van der Waals surface area (Å²) in [6.45, 7) is 3.94. The van der Waals surface area contributed by atoms with Crippen LogP contribution in [-0.2, 0) is 20.0 Å². The van der Waals surface area contributed by atoms with Crippen LogP contribution in [0.15, 0.2) is 23.1 Å². The molecule has 0 spiro atoms. The van der Waals surface area contributed by atoms with Crippen LogP contribution >= 0.6 is 0 Å². The molecule has 0 aromatic heterocycles. The van der Waals surface area contributed by atoms with E-state index in [2.05, 4.69) is 0 Å². The summed E-state index contributed by atoms with van der Waals surface area (Å²) in [6.07, 6.45) is 2.38. The Morgan fingerprint density at radius 3 is 2.16 bits per heavy atom. The molecule has 1 aromatic rings. The molecule has 0 saturated carbocycles. The van der Waals surface area contributed by atoms with Crippen molar-refractivity contribution in [3.8, 4) is 0 Å². The van der Waals surface area contributed by atoms with E-state index < -0.39 is 25.9 Å². The molecule has 1 aliphatic heterocycles. The summed E-state index contributed by atoms with van der Waals surface area (Å²) in [5.41, 5.74) is 0.638. The Kier molecular flexibility index (Phi) is 6.58. The monoisotopic (exact) mass is 392 g/mol. The summed E-state index contributed by atoms with van der Waals surface area (Å²) in [4.78, 5) is -0.364. The highest BCUT2D eigenvalue weighted by Gasteiger charge is 2.33. The summed E-state index contributed by atoms with van der Waals surface area (Å²) >= 11 is 0. The Hall–Kier alpha value is -1.03. The van der Waals surface area contributed by atoms with Crippen LogP contribution in [-0.4, -0.2) is 57.4 Å². The normalized spacial score (nSPS) is 17.7. The summed E-state index contributed by atoms with van der Waals surface area (Å²) in [6, 6.07) is 3.99. The van der Waals surface area contributed by atoms with Crippen molar-refractivity contribution in [1.82, 2.24) is 8.61 Å². The summed E-state index contributed by atoms with van der Waals surface area (Å²) in [5, 5.41) is 0. The molecule has 1 aromatic carbocycles. The number of nitrogens with zero attached hydrogens (tertiary/aromatic N) is 2. The van der Waals surface area contributed by atoms with E-state index in [1.54, 1.807) is 13.0 Å². The Bertz CT molecular complexity index is 801. The third kappa shape index (κ3) is 4.78. The minimum absolute atomic E-state index is 0.0304. The third-order valence-corrected chi connectivity index (χ3v) is 8.19. The van der Waals surface area contributed by atoms with Gasteiger partial charge in [-0.2, -0.15) is 8.61 Å². The molecule has 1 aliphatic rings. The quantitative estimate of drug-likeness (QED) is 0.665. The molecule has 25 heavy (non-hydrogen) atoms. The van der Waals surface area contributed by atoms with E-state index in [1.165, 1.54) is 16.4 Å². The molecule has 142 valence electrons. The van der Waals surface area contributed by atoms with Crippen molar-refractivity contribution in [1.29, 1.82) is 0 Å². The Labute approximate surface area is 149 Å². The predicted octanol–water partition coefficient (Wildman–Crippen LogP) is 1.96. The van der Waals surface area contributed by atoms with Crippen LogP contribution in [0.2, 0.25) is 0 Å². The number of piperazine rings is 1. The van der Waals surface area contributed by atoms with Gasteiger partial charge in [0.15, 0.2) is 0 Å². The lowest BCUT2D eigenvalue weighted by molar-refractivity contribution is 0.272. The van der Waals surface area contributed by atoms with Crippen LogP contribution in [0.5, 0.6) is 0 Å². The number of aryl methyl sites for hydroxylation is 1. The van der Waals surface area contributed by atoms with Crippen molar-refractivity contribution in [2.45, 2.75) is 38.0 Å². The standard InChI is InChI=1S/C16H25FN2O4S2/c1-3-4-5-12-24(20,21)18-8-10-19(11-9-18)25(22,23)16-7-6-14(2)13-15(16)17/h6-7,13H,3-5,8-12H2,1-2H3. The van der Waals surface area contributed by atoms with E-state index >= 15 is 0 Å². The third-order valence-electron chi connectivity index (χ3n) is 4.30. The first-order chi connectivity index (χ1) is 11.7. The lowest BCUT2D eigenvalue weighted by Crippen LogP contribution is -2.51.